The lowest BCUT2D eigenvalue weighted by Gasteiger charge is -2.34. The van der Waals surface area contributed by atoms with Crippen LogP contribution in [0.2, 0.25) is 0 Å². The van der Waals surface area contributed by atoms with Gasteiger partial charge in [-0.1, -0.05) is 0 Å². The highest BCUT2D eigenvalue weighted by Crippen LogP contribution is 2.28. The van der Waals surface area contributed by atoms with Crippen molar-refractivity contribution in [2.45, 2.75) is 25.3 Å². The molecule has 16 heteroatoms. The molecule has 0 spiro atoms. The topological polar surface area (TPSA) is 140 Å². The number of nitrogens with one attached hydrogen (secondary N) is 1. The first-order valence-electron chi connectivity index (χ1n) is 11.0. The number of nitrogens with zero attached hydrogens (tertiary/aromatic N) is 9. The lowest BCUT2D eigenvalue weighted by molar-refractivity contribution is -0.389. The molecule has 3 aromatic rings. The highest BCUT2D eigenvalue weighted by molar-refractivity contribution is 5.38. The first-order valence-corrected chi connectivity index (χ1v) is 11.0. The van der Waals surface area contributed by atoms with Crippen LogP contribution in [0.1, 0.15) is 11.1 Å². The van der Waals surface area contributed by atoms with Gasteiger partial charge in [0.15, 0.2) is 0 Å². The third kappa shape index (κ3) is 5.12. The molecule has 0 bridgehead atoms. The Balaban J connectivity index is 1.10. The zero-order valence-corrected chi connectivity index (χ0v) is 18.8. The van der Waals surface area contributed by atoms with Crippen molar-refractivity contribution in [3.05, 3.63) is 52.2 Å². The molecule has 1 atom stereocenters. The van der Waals surface area contributed by atoms with Crippen molar-refractivity contribution in [3.8, 4) is 6.01 Å². The van der Waals surface area contributed by atoms with Crippen molar-refractivity contribution in [3.63, 3.8) is 0 Å². The van der Waals surface area contributed by atoms with Crippen LogP contribution in [0.5, 0.6) is 6.01 Å². The van der Waals surface area contributed by atoms with Gasteiger partial charge in [-0.15, -0.1) is 0 Å². The molecule has 5 heterocycles. The number of rotatable bonds is 6. The summed E-state index contributed by atoms with van der Waals surface area (Å²) in [5, 5.41) is 14.2. The minimum Gasteiger partial charge on any atom is -0.444 e. The predicted octanol–water partition coefficient (Wildman–Crippen LogP) is 1.27. The van der Waals surface area contributed by atoms with Crippen molar-refractivity contribution < 1.29 is 22.8 Å². The van der Waals surface area contributed by atoms with Crippen molar-refractivity contribution in [1.29, 1.82) is 0 Å². The number of hydrogen-bond donors (Lipinski definition) is 1. The number of alkyl halides is 3. The van der Waals surface area contributed by atoms with Gasteiger partial charge in [-0.2, -0.15) is 13.2 Å². The van der Waals surface area contributed by atoms with Gasteiger partial charge in [0.25, 0.3) is 0 Å². The zero-order valence-electron chi connectivity index (χ0n) is 18.8. The second-order valence-electron chi connectivity index (χ2n) is 8.31. The number of imidazole rings is 1. The molecule has 0 radical (unpaired) electrons. The summed E-state index contributed by atoms with van der Waals surface area (Å²) >= 11 is 0. The molecule has 0 unspecified atom stereocenters. The fourth-order valence-corrected chi connectivity index (χ4v) is 3.91. The Morgan fingerprint density at radius 1 is 1.03 bits per heavy atom. The van der Waals surface area contributed by atoms with E-state index in [1.807, 2.05) is 9.80 Å². The number of fused-ring (bicyclic) bond motifs is 1. The molecule has 2 aliphatic rings. The number of ether oxygens (including phenoxy) is 1. The van der Waals surface area contributed by atoms with Crippen LogP contribution in [0, 0.1) is 10.1 Å². The van der Waals surface area contributed by atoms with Crippen LogP contribution in [0.3, 0.4) is 0 Å². The Hall–Kier alpha value is -4.08. The Bertz CT molecular complexity index is 1210. The Labute approximate surface area is 202 Å². The molecule has 36 heavy (non-hydrogen) atoms. The van der Waals surface area contributed by atoms with Crippen LogP contribution in [0.4, 0.5) is 30.9 Å². The Kier molecular flexibility index (Phi) is 6.26. The molecule has 190 valence electrons. The lowest BCUT2D eigenvalue weighted by Crippen LogP contribution is -2.47. The van der Waals surface area contributed by atoms with E-state index in [0.29, 0.717) is 51.8 Å². The van der Waals surface area contributed by atoms with E-state index < -0.39 is 16.7 Å². The van der Waals surface area contributed by atoms with Crippen molar-refractivity contribution >= 4 is 17.7 Å². The number of hydrogen-bond acceptors (Lipinski definition) is 11. The van der Waals surface area contributed by atoms with Crippen LogP contribution < -0.4 is 19.9 Å². The number of aromatic nitrogens is 6. The highest BCUT2D eigenvalue weighted by Gasteiger charge is 2.32. The monoisotopic (exact) mass is 506 g/mol. The molecule has 5 rings (SSSR count). The molecule has 0 saturated carbocycles. The molecule has 1 saturated heterocycles. The van der Waals surface area contributed by atoms with E-state index in [2.05, 4.69) is 30.2 Å². The first kappa shape index (κ1) is 23.7. The largest absolute Gasteiger partial charge is 0.444 e. The molecule has 1 N–H and O–H groups in total. The van der Waals surface area contributed by atoms with Gasteiger partial charge < -0.3 is 30.0 Å². The maximum absolute atomic E-state index is 12.7. The van der Waals surface area contributed by atoms with Crippen LogP contribution in [0.25, 0.3) is 0 Å². The van der Waals surface area contributed by atoms with Gasteiger partial charge in [-0.3, -0.25) is 4.57 Å². The zero-order chi connectivity index (χ0) is 25.3. The lowest BCUT2D eigenvalue weighted by atomic mass is 10.2. The van der Waals surface area contributed by atoms with Gasteiger partial charge in [0.1, 0.15) is 12.8 Å². The summed E-state index contributed by atoms with van der Waals surface area (Å²) in [6.07, 6.45) is 1.91. The fourth-order valence-electron chi connectivity index (χ4n) is 3.91. The van der Waals surface area contributed by atoms with E-state index in [4.69, 9.17) is 4.74 Å². The highest BCUT2D eigenvalue weighted by atomic mass is 19.4. The van der Waals surface area contributed by atoms with E-state index >= 15 is 0 Å². The summed E-state index contributed by atoms with van der Waals surface area (Å²) in [5.41, 5.74) is -0.0164. The third-order valence-corrected chi connectivity index (χ3v) is 5.84. The molecule has 0 amide bonds. The predicted molar refractivity (Wildman–Crippen MR) is 118 cm³/mol. The summed E-state index contributed by atoms with van der Waals surface area (Å²) in [7, 11) is 0. The van der Waals surface area contributed by atoms with Crippen molar-refractivity contribution in [2.24, 2.45) is 0 Å². The van der Waals surface area contributed by atoms with Gasteiger partial charge in [0, 0.05) is 74.6 Å². The maximum atomic E-state index is 12.7. The molecule has 0 aromatic carbocycles. The van der Waals surface area contributed by atoms with E-state index in [1.165, 1.54) is 6.20 Å². The Morgan fingerprint density at radius 3 is 2.17 bits per heavy atom. The van der Waals surface area contributed by atoms with Crippen LogP contribution in [0.15, 0.2) is 31.0 Å². The fraction of sp³-hybridized carbons (Fsp3) is 0.450. The molecule has 1 fully saturated rings. The maximum Gasteiger partial charge on any atom is 0.419 e. The summed E-state index contributed by atoms with van der Waals surface area (Å²) in [5.74, 6) is 0.569. The van der Waals surface area contributed by atoms with Crippen LogP contribution >= 0.6 is 0 Å². The van der Waals surface area contributed by atoms with E-state index in [-0.39, 0.29) is 23.8 Å². The normalized spacial score (nSPS) is 18.0. The molecular formula is C20H21F3N10O3. The minimum atomic E-state index is -4.47. The Morgan fingerprint density at radius 2 is 1.61 bits per heavy atom. The van der Waals surface area contributed by atoms with Gasteiger partial charge in [0.2, 0.25) is 11.9 Å². The van der Waals surface area contributed by atoms with Crippen LogP contribution in [-0.4, -0.2) is 73.2 Å². The second-order valence-corrected chi connectivity index (χ2v) is 8.31. The third-order valence-electron chi connectivity index (χ3n) is 5.84. The van der Waals surface area contributed by atoms with Gasteiger partial charge >= 0.3 is 18.0 Å². The summed E-state index contributed by atoms with van der Waals surface area (Å²) in [6, 6.07) is 0.170. The van der Waals surface area contributed by atoms with Gasteiger partial charge in [0.05, 0.1) is 11.6 Å². The van der Waals surface area contributed by atoms with Crippen LogP contribution in [-0.2, 0) is 19.3 Å². The van der Waals surface area contributed by atoms with Gasteiger partial charge in [-0.25, -0.2) is 19.9 Å². The van der Waals surface area contributed by atoms with E-state index in [0.717, 1.165) is 18.0 Å². The smallest absolute Gasteiger partial charge is 0.419 e. The van der Waals surface area contributed by atoms with Gasteiger partial charge in [-0.05, 0) is 4.92 Å². The number of anilines is 2. The number of piperazine rings is 1. The standard InChI is InChI=1S/C20H21F3N10O3/c21-20(22,23)14-8-27-18(28-9-14)31-3-1-30(2-4-31)17-25-6-13(7-26-17)5-24-15-10-32-11-16(33(34)35)29-19(32)36-12-15/h6-9,11,15,24H,1-5,10,12H2/t15-/m0/s1. The minimum absolute atomic E-state index is 0.0634. The summed E-state index contributed by atoms with van der Waals surface area (Å²) < 4.78 is 45.2. The molecule has 13 nitrogen and oxygen atoms in total. The molecule has 3 aromatic heterocycles. The van der Waals surface area contributed by atoms with E-state index in [9.17, 15) is 23.3 Å². The summed E-state index contributed by atoms with van der Waals surface area (Å²) in [4.78, 5) is 34.5. The molecule has 0 aliphatic carbocycles. The quantitative estimate of drug-likeness (QED) is 0.382. The second kappa shape index (κ2) is 9.52. The number of halogens is 3. The average molecular weight is 506 g/mol. The average Bonchev–Trinajstić information content (AvgIpc) is 3.32. The van der Waals surface area contributed by atoms with Crippen molar-refractivity contribution in [1.82, 2.24) is 34.8 Å². The molecular weight excluding hydrogens is 485 g/mol. The SMILES string of the molecule is O=[N+]([O-])c1cn2c(n1)OC[C@@H](NCc1cnc(N3CCN(c4ncc(C(F)(F)F)cn4)CC3)nc1)C2. The van der Waals surface area contributed by atoms with Crippen molar-refractivity contribution in [2.75, 3.05) is 42.6 Å². The first-order chi connectivity index (χ1) is 17.3. The molecule has 2 aliphatic heterocycles. The summed E-state index contributed by atoms with van der Waals surface area (Å²) in [6.45, 7) is 3.49. The number of nitro groups is 1. The van der Waals surface area contributed by atoms with E-state index in [1.54, 1.807) is 17.0 Å².